The molecule has 4 aromatic rings. The Balaban J connectivity index is 1.34. The van der Waals surface area contributed by atoms with Crippen LogP contribution >= 0.6 is 11.6 Å². The van der Waals surface area contributed by atoms with E-state index in [1.807, 2.05) is 72.8 Å². The Hall–Kier alpha value is -3.98. The fourth-order valence-electron chi connectivity index (χ4n) is 5.01. The minimum atomic E-state index is -3.55. The number of nitrogens with one attached hydrogen (secondary N) is 2. The van der Waals surface area contributed by atoms with Crippen LogP contribution < -0.4 is 10.0 Å². The number of hydrogen-bond donors (Lipinski definition) is 2. The maximum Gasteiger partial charge on any atom is 0.247 e. The SMILES string of the molecule is O=C(NCCc1ccccc1)C(c1ccccc1)N(Cc1ccc(Cl)cc1)C(=O)CCc1ccc(S(=O)(=O)NC2CC2)cc1. The lowest BCUT2D eigenvalue weighted by molar-refractivity contribution is -0.141. The summed E-state index contributed by atoms with van der Waals surface area (Å²) in [5, 5.41) is 3.64. The van der Waals surface area contributed by atoms with Gasteiger partial charge in [-0.15, -0.1) is 0 Å². The van der Waals surface area contributed by atoms with Crippen molar-refractivity contribution < 1.29 is 18.0 Å². The second kappa shape index (κ2) is 14.7. The zero-order chi connectivity index (χ0) is 30.9. The molecule has 2 amide bonds. The van der Waals surface area contributed by atoms with Gasteiger partial charge in [0.25, 0.3) is 0 Å². The van der Waals surface area contributed by atoms with Crippen molar-refractivity contribution in [2.75, 3.05) is 6.54 Å². The molecule has 1 atom stereocenters. The first-order chi connectivity index (χ1) is 21.3. The molecule has 1 saturated carbocycles. The van der Waals surface area contributed by atoms with Gasteiger partial charge < -0.3 is 10.2 Å². The van der Waals surface area contributed by atoms with Gasteiger partial charge in [0.05, 0.1) is 4.90 Å². The summed E-state index contributed by atoms with van der Waals surface area (Å²) >= 11 is 6.13. The Morgan fingerprint density at radius 1 is 0.773 bits per heavy atom. The fraction of sp³-hybridized carbons (Fsp3) is 0.257. The maximum atomic E-state index is 14.0. The molecule has 1 unspecified atom stereocenters. The molecule has 0 saturated heterocycles. The van der Waals surface area contributed by atoms with Gasteiger partial charge in [-0.2, -0.15) is 0 Å². The summed E-state index contributed by atoms with van der Waals surface area (Å²) in [6.45, 7) is 0.645. The largest absolute Gasteiger partial charge is 0.354 e. The highest BCUT2D eigenvalue weighted by Gasteiger charge is 2.31. The number of amides is 2. The lowest BCUT2D eigenvalue weighted by atomic mass is 10.0. The van der Waals surface area contributed by atoms with Gasteiger partial charge in [0.15, 0.2) is 0 Å². The van der Waals surface area contributed by atoms with Crippen LogP contribution in [0.1, 0.15) is 47.6 Å². The maximum absolute atomic E-state index is 14.0. The Bertz CT molecular complexity index is 1640. The number of rotatable bonds is 14. The Labute approximate surface area is 264 Å². The van der Waals surface area contributed by atoms with Crippen LogP contribution in [0.4, 0.5) is 0 Å². The van der Waals surface area contributed by atoms with Crippen LogP contribution in [-0.4, -0.2) is 37.7 Å². The summed E-state index contributed by atoms with van der Waals surface area (Å²) < 4.78 is 27.8. The molecule has 5 rings (SSSR count). The first-order valence-electron chi connectivity index (χ1n) is 14.8. The molecule has 1 aliphatic carbocycles. The molecule has 7 nitrogen and oxygen atoms in total. The van der Waals surface area contributed by atoms with Crippen molar-refractivity contribution in [1.29, 1.82) is 0 Å². The lowest BCUT2D eigenvalue weighted by Gasteiger charge is -2.32. The normalized spacial score (nSPS) is 13.7. The molecule has 1 fully saturated rings. The highest BCUT2D eigenvalue weighted by Crippen LogP contribution is 2.26. The first-order valence-corrected chi connectivity index (χ1v) is 16.7. The molecule has 0 aliphatic heterocycles. The van der Waals surface area contributed by atoms with Gasteiger partial charge in [0, 0.05) is 30.6 Å². The van der Waals surface area contributed by atoms with E-state index < -0.39 is 16.1 Å². The summed E-state index contributed by atoms with van der Waals surface area (Å²) in [7, 11) is -3.55. The summed E-state index contributed by atoms with van der Waals surface area (Å²) in [5.74, 6) is -0.453. The highest BCUT2D eigenvalue weighted by molar-refractivity contribution is 7.89. The number of halogens is 1. The van der Waals surface area contributed by atoms with E-state index in [1.165, 1.54) is 0 Å². The molecule has 9 heteroatoms. The van der Waals surface area contributed by atoms with Gasteiger partial charge >= 0.3 is 0 Å². The van der Waals surface area contributed by atoms with Crippen LogP contribution in [0.5, 0.6) is 0 Å². The molecule has 0 radical (unpaired) electrons. The van der Waals surface area contributed by atoms with Crippen LogP contribution in [0.25, 0.3) is 0 Å². The topological polar surface area (TPSA) is 95.6 Å². The second-order valence-electron chi connectivity index (χ2n) is 11.0. The van der Waals surface area contributed by atoms with E-state index in [1.54, 1.807) is 41.3 Å². The highest BCUT2D eigenvalue weighted by atomic mass is 35.5. The van der Waals surface area contributed by atoms with E-state index in [-0.39, 0.29) is 35.7 Å². The van der Waals surface area contributed by atoms with E-state index >= 15 is 0 Å². The molecule has 0 bridgehead atoms. The smallest absolute Gasteiger partial charge is 0.247 e. The standard InChI is InChI=1S/C35H36ClN3O4S/c36-30-16-11-28(12-17-30)25-39(33(40)22-15-27-13-20-32(21-14-27)44(42,43)38-31-18-19-31)34(29-9-5-2-6-10-29)35(41)37-24-23-26-7-3-1-4-8-26/h1-14,16-17,20-21,31,34,38H,15,18-19,22-25H2,(H,37,41). The summed E-state index contributed by atoms with van der Waals surface area (Å²) in [4.78, 5) is 29.6. The van der Waals surface area contributed by atoms with Crippen molar-refractivity contribution in [3.8, 4) is 0 Å². The molecule has 1 aliphatic rings. The number of aryl methyl sites for hydroxylation is 1. The van der Waals surface area contributed by atoms with Crippen molar-refractivity contribution in [3.05, 3.63) is 136 Å². The lowest BCUT2D eigenvalue weighted by Crippen LogP contribution is -2.44. The molecular weight excluding hydrogens is 594 g/mol. The number of hydrogen-bond acceptors (Lipinski definition) is 4. The van der Waals surface area contributed by atoms with E-state index in [4.69, 9.17) is 11.6 Å². The monoisotopic (exact) mass is 629 g/mol. The molecule has 4 aromatic carbocycles. The molecule has 0 heterocycles. The molecule has 228 valence electrons. The van der Waals surface area contributed by atoms with Crippen LogP contribution in [0.2, 0.25) is 5.02 Å². The minimum absolute atomic E-state index is 0.0250. The van der Waals surface area contributed by atoms with Gasteiger partial charge in [-0.25, -0.2) is 13.1 Å². The third-order valence-corrected chi connectivity index (χ3v) is 9.37. The van der Waals surface area contributed by atoms with Gasteiger partial charge in [-0.3, -0.25) is 9.59 Å². The summed E-state index contributed by atoms with van der Waals surface area (Å²) in [6, 6.07) is 32.3. The fourth-order valence-corrected chi connectivity index (χ4v) is 6.44. The van der Waals surface area contributed by atoms with E-state index in [0.29, 0.717) is 30.0 Å². The van der Waals surface area contributed by atoms with E-state index in [0.717, 1.165) is 29.5 Å². The Morgan fingerprint density at radius 3 is 2.00 bits per heavy atom. The number of nitrogens with zero attached hydrogens (tertiary/aromatic N) is 1. The minimum Gasteiger partial charge on any atom is -0.354 e. The Kier molecular flexibility index (Phi) is 10.5. The molecular formula is C35H36ClN3O4S. The van der Waals surface area contributed by atoms with Crippen LogP contribution in [0, 0.1) is 0 Å². The zero-order valence-corrected chi connectivity index (χ0v) is 25.9. The molecule has 2 N–H and O–H groups in total. The van der Waals surface area contributed by atoms with Gasteiger partial charge in [-0.1, -0.05) is 96.5 Å². The zero-order valence-electron chi connectivity index (χ0n) is 24.4. The summed E-state index contributed by atoms with van der Waals surface area (Å²) in [6.07, 6.45) is 2.92. The van der Waals surface area contributed by atoms with Crippen molar-refractivity contribution in [2.45, 2.75) is 55.6 Å². The van der Waals surface area contributed by atoms with Gasteiger partial charge in [0.2, 0.25) is 21.8 Å². The Morgan fingerprint density at radius 2 is 1.36 bits per heavy atom. The number of carbonyl (C=O) groups is 2. The third kappa shape index (κ3) is 8.78. The van der Waals surface area contributed by atoms with Crippen molar-refractivity contribution in [2.24, 2.45) is 0 Å². The van der Waals surface area contributed by atoms with Crippen molar-refractivity contribution >= 4 is 33.4 Å². The quantitative estimate of drug-likeness (QED) is 0.183. The van der Waals surface area contributed by atoms with Crippen molar-refractivity contribution in [3.63, 3.8) is 0 Å². The average molecular weight is 630 g/mol. The van der Waals surface area contributed by atoms with Gasteiger partial charge in [-0.05, 0) is 72.2 Å². The van der Waals surface area contributed by atoms with E-state index in [2.05, 4.69) is 10.0 Å². The summed E-state index contributed by atoms with van der Waals surface area (Å²) in [5.41, 5.74) is 3.50. The predicted molar refractivity (Wildman–Crippen MR) is 172 cm³/mol. The first kappa shape index (κ1) is 31.4. The van der Waals surface area contributed by atoms with E-state index in [9.17, 15) is 18.0 Å². The second-order valence-corrected chi connectivity index (χ2v) is 13.2. The molecule has 44 heavy (non-hydrogen) atoms. The molecule has 0 spiro atoms. The third-order valence-electron chi connectivity index (χ3n) is 7.58. The van der Waals surface area contributed by atoms with Crippen LogP contribution in [-0.2, 0) is 39.0 Å². The number of carbonyl (C=O) groups excluding carboxylic acids is 2. The van der Waals surface area contributed by atoms with Gasteiger partial charge in [0.1, 0.15) is 6.04 Å². The average Bonchev–Trinajstić information content (AvgIpc) is 3.85. The van der Waals surface area contributed by atoms with Crippen molar-refractivity contribution in [1.82, 2.24) is 14.9 Å². The predicted octanol–water partition coefficient (Wildman–Crippen LogP) is 5.84. The number of sulfonamides is 1. The number of benzene rings is 4. The van der Waals surface area contributed by atoms with Crippen LogP contribution in [0.3, 0.4) is 0 Å². The molecule has 0 aromatic heterocycles. The van der Waals surface area contributed by atoms with Crippen LogP contribution in [0.15, 0.2) is 114 Å².